The number of nitrogens with one attached hydrogen (secondary N) is 1. The summed E-state index contributed by atoms with van der Waals surface area (Å²) in [6, 6.07) is 16.3. The minimum absolute atomic E-state index is 0.751. The van der Waals surface area contributed by atoms with Crippen LogP contribution in [0.3, 0.4) is 0 Å². The smallest absolute Gasteiger partial charge is 0.162 e. The van der Waals surface area contributed by atoms with Gasteiger partial charge in [-0.25, -0.2) is 9.97 Å². The van der Waals surface area contributed by atoms with Gasteiger partial charge in [0.15, 0.2) is 5.82 Å². The molecule has 2 aromatic carbocycles. The predicted molar refractivity (Wildman–Crippen MR) is 79.3 cm³/mol. The minimum atomic E-state index is 0.751. The Morgan fingerprint density at radius 2 is 1.74 bits per heavy atom. The van der Waals surface area contributed by atoms with Crippen molar-refractivity contribution in [2.75, 3.05) is 12.4 Å². The van der Waals surface area contributed by atoms with Crippen molar-refractivity contribution in [3.8, 4) is 11.4 Å². The van der Waals surface area contributed by atoms with Crippen molar-refractivity contribution in [3.63, 3.8) is 0 Å². The fourth-order valence-corrected chi connectivity index (χ4v) is 2.15. The molecule has 94 valence electrons. The second-order valence-electron chi connectivity index (χ2n) is 4.53. The van der Waals surface area contributed by atoms with Crippen molar-refractivity contribution in [2.45, 2.75) is 6.92 Å². The highest BCUT2D eigenvalue weighted by Crippen LogP contribution is 2.25. The number of hydrogen-bond donors (Lipinski definition) is 1. The fraction of sp³-hybridized carbons (Fsp3) is 0.125. The quantitative estimate of drug-likeness (QED) is 0.753. The van der Waals surface area contributed by atoms with Gasteiger partial charge in [-0.15, -0.1) is 0 Å². The zero-order chi connectivity index (χ0) is 13.2. The Kier molecular flexibility index (Phi) is 2.88. The largest absolute Gasteiger partial charge is 0.373 e. The maximum atomic E-state index is 4.64. The topological polar surface area (TPSA) is 37.8 Å². The lowest BCUT2D eigenvalue weighted by Crippen LogP contribution is -1.98. The lowest BCUT2D eigenvalue weighted by Gasteiger charge is -2.08. The van der Waals surface area contributed by atoms with Crippen LogP contribution < -0.4 is 5.32 Å². The molecule has 3 heteroatoms. The minimum Gasteiger partial charge on any atom is -0.373 e. The van der Waals surface area contributed by atoms with Crippen molar-refractivity contribution in [2.24, 2.45) is 0 Å². The molecule has 1 N–H and O–H groups in total. The van der Waals surface area contributed by atoms with E-state index in [2.05, 4.69) is 34.3 Å². The van der Waals surface area contributed by atoms with Crippen molar-refractivity contribution < 1.29 is 0 Å². The van der Waals surface area contributed by atoms with Gasteiger partial charge in [0.25, 0.3) is 0 Å². The van der Waals surface area contributed by atoms with E-state index in [1.54, 1.807) is 0 Å². The summed E-state index contributed by atoms with van der Waals surface area (Å²) in [5.74, 6) is 1.62. The second kappa shape index (κ2) is 4.69. The lowest BCUT2D eigenvalue weighted by atomic mass is 10.1. The molecular formula is C16H15N3. The first-order valence-corrected chi connectivity index (χ1v) is 6.29. The first-order valence-electron chi connectivity index (χ1n) is 6.29. The molecule has 1 aromatic heterocycles. The Morgan fingerprint density at radius 3 is 2.47 bits per heavy atom. The van der Waals surface area contributed by atoms with E-state index < -0.39 is 0 Å². The highest BCUT2D eigenvalue weighted by atomic mass is 15.0. The van der Waals surface area contributed by atoms with Gasteiger partial charge in [0.2, 0.25) is 0 Å². The number of nitrogens with zero attached hydrogens (tertiary/aromatic N) is 2. The predicted octanol–water partition coefficient (Wildman–Crippen LogP) is 3.65. The molecule has 3 rings (SSSR count). The molecule has 0 bridgehead atoms. The summed E-state index contributed by atoms with van der Waals surface area (Å²) in [5, 5.41) is 4.21. The molecule has 0 spiro atoms. The average molecular weight is 249 g/mol. The van der Waals surface area contributed by atoms with Gasteiger partial charge in [0.1, 0.15) is 5.82 Å². The average Bonchev–Trinajstić information content (AvgIpc) is 2.47. The van der Waals surface area contributed by atoms with Crippen LogP contribution in [0.25, 0.3) is 22.3 Å². The van der Waals surface area contributed by atoms with Crippen LogP contribution in [-0.4, -0.2) is 17.0 Å². The molecule has 1 heterocycles. The van der Waals surface area contributed by atoms with Crippen molar-refractivity contribution >= 4 is 16.7 Å². The number of rotatable bonds is 2. The molecule has 0 atom stereocenters. The van der Waals surface area contributed by atoms with E-state index in [-0.39, 0.29) is 0 Å². The SMILES string of the molecule is CNc1nc(-c2ccccc2)nc2ccc(C)cc12. The molecule has 0 saturated heterocycles. The Labute approximate surface area is 112 Å². The Bertz CT molecular complexity index is 721. The van der Waals surface area contributed by atoms with Crippen LogP contribution in [0.2, 0.25) is 0 Å². The van der Waals surface area contributed by atoms with Gasteiger partial charge in [0.05, 0.1) is 5.52 Å². The van der Waals surface area contributed by atoms with Gasteiger partial charge in [-0.3, -0.25) is 0 Å². The summed E-state index contributed by atoms with van der Waals surface area (Å²) < 4.78 is 0. The molecule has 0 aliphatic heterocycles. The lowest BCUT2D eigenvalue weighted by molar-refractivity contribution is 1.21. The Morgan fingerprint density at radius 1 is 0.947 bits per heavy atom. The third kappa shape index (κ3) is 2.15. The molecular weight excluding hydrogens is 234 g/mol. The van der Waals surface area contributed by atoms with Crippen LogP contribution in [0.1, 0.15) is 5.56 Å². The van der Waals surface area contributed by atoms with E-state index in [1.165, 1.54) is 5.56 Å². The van der Waals surface area contributed by atoms with Gasteiger partial charge in [-0.1, -0.05) is 42.0 Å². The zero-order valence-electron chi connectivity index (χ0n) is 11.0. The summed E-state index contributed by atoms with van der Waals surface area (Å²) in [6.45, 7) is 2.07. The van der Waals surface area contributed by atoms with E-state index in [0.717, 1.165) is 28.1 Å². The maximum Gasteiger partial charge on any atom is 0.162 e. The summed E-state index contributed by atoms with van der Waals surface area (Å²) >= 11 is 0. The fourth-order valence-electron chi connectivity index (χ4n) is 2.15. The Balaban J connectivity index is 2.26. The van der Waals surface area contributed by atoms with Gasteiger partial charge < -0.3 is 5.32 Å². The molecule has 19 heavy (non-hydrogen) atoms. The zero-order valence-corrected chi connectivity index (χ0v) is 11.0. The maximum absolute atomic E-state index is 4.64. The molecule has 0 fully saturated rings. The molecule has 0 amide bonds. The molecule has 3 nitrogen and oxygen atoms in total. The summed E-state index contributed by atoms with van der Waals surface area (Å²) in [7, 11) is 1.89. The van der Waals surface area contributed by atoms with Crippen LogP contribution in [0.5, 0.6) is 0 Å². The molecule has 0 radical (unpaired) electrons. The van der Waals surface area contributed by atoms with Crippen molar-refractivity contribution in [1.82, 2.24) is 9.97 Å². The van der Waals surface area contributed by atoms with Crippen LogP contribution in [-0.2, 0) is 0 Å². The first-order chi connectivity index (χ1) is 9.28. The number of anilines is 1. The van der Waals surface area contributed by atoms with E-state index in [9.17, 15) is 0 Å². The molecule has 3 aromatic rings. The molecule has 0 aliphatic rings. The summed E-state index contributed by atoms with van der Waals surface area (Å²) in [4.78, 5) is 9.25. The highest BCUT2D eigenvalue weighted by molar-refractivity contribution is 5.91. The van der Waals surface area contributed by atoms with Gasteiger partial charge in [-0.2, -0.15) is 0 Å². The number of aryl methyl sites for hydroxylation is 1. The molecule has 0 saturated carbocycles. The second-order valence-corrected chi connectivity index (χ2v) is 4.53. The number of benzene rings is 2. The summed E-state index contributed by atoms with van der Waals surface area (Å²) in [6.07, 6.45) is 0. The normalized spacial score (nSPS) is 10.6. The first kappa shape index (κ1) is 11.7. The third-order valence-electron chi connectivity index (χ3n) is 3.12. The standard InChI is InChI=1S/C16H15N3/c1-11-8-9-14-13(10-11)16(17-2)19-15(18-14)12-6-4-3-5-7-12/h3-10H,1-2H3,(H,17,18,19). The van der Waals surface area contributed by atoms with Crippen LogP contribution in [0.4, 0.5) is 5.82 Å². The number of fused-ring (bicyclic) bond motifs is 1. The van der Waals surface area contributed by atoms with Crippen molar-refractivity contribution in [1.29, 1.82) is 0 Å². The molecule has 0 aliphatic carbocycles. The van der Waals surface area contributed by atoms with Gasteiger partial charge >= 0.3 is 0 Å². The van der Waals surface area contributed by atoms with Crippen LogP contribution >= 0.6 is 0 Å². The third-order valence-corrected chi connectivity index (χ3v) is 3.12. The monoisotopic (exact) mass is 249 g/mol. The molecule has 0 unspecified atom stereocenters. The van der Waals surface area contributed by atoms with E-state index >= 15 is 0 Å². The van der Waals surface area contributed by atoms with Crippen LogP contribution in [0, 0.1) is 6.92 Å². The number of aromatic nitrogens is 2. The van der Waals surface area contributed by atoms with Crippen molar-refractivity contribution in [3.05, 3.63) is 54.1 Å². The van der Waals surface area contributed by atoms with E-state index in [0.29, 0.717) is 0 Å². The highest BCUT2D eigenvalue weighted by Gasteiger charge is 2.08. The van der Waals surface area contributed by atoms with Gasteiger partial charge in [0, 0.05) is 18.0 Å². The van der Waals surface area contributed by atoms with Gasteiger partial charge in [-0.05, 0) is 19.1 Å². The summed E-state index contributed by atoms with van der Waals surface area (Å²) in [5.41, 5.74) is 3.20. The van der Waals surface area contributed by atoms with E-state index in [4.69, 9.17) is 0 Å². The van der Waals surface area contributed by atoms with Crippen LogP contribution in [0.15, 0.2) is 48.5 Å². The van der Waals surface area contributed by atoms with E-state index in [1.807, 2.05) is 43.4 Å². The Hall–Kier alpha value is -2.42. The number of hydrogen-bond acceptors (Lipinski definition) is 3.